The van der Waals surface area contributed by atoms with Crippen molar-refractivity contribution in [1.82, 2.24) is 9.55 Å². The van der Waals surface area contributed by atoms with E-state index in [1.165, 1.54) is 22.3 Å². The highest BCUT2D eigenvalue weighted by Gasteiger charge is 2.00. The highest BCUT2D eigenvalue weighted by molar-refractivity contribution is 6.30. The summed E-state index contributed by atoms with van der Waals surface area (Å²) in [6, 6.07) is 16.5. The number of hydrogen-bond acceptors (Lipinski definition) is 1. The average Bonchev–Trinajstić information content (AvgIpc) is 3.07. The van der Waals surface area contributed by atoms with Gasteiger partial charge in [-0.1, -0.05) is 54.1 Å². The van der Waals surface area contributed by atoms with Gasteiger partial charge in [0, 0.05) is 24.0 Å². The molecule has 110 valence electrons. The van der Waals surface area contributed by atoms with Crippen LogP contribution < -0.4 is 0 Å². The minimum absolute atomic E-state index is 0.763. The number of imidazole rings is 1. The van der Waals surface area contributed by atoms with Crippen molar-refractivity contribution in [2.45, 2.75) is 13.5 Å². The van der Waals surface area contributed by atoms with Gasteiger partial charge < -0.3 is 4.57 Å². The van der Waals surface area contributed by atoms with E-state index in [0.717, 1.165) is 11.6 Å². The lowest BCUT2D eigenvalue weighted by Crippen LogP contribution is -1.91. The van der Waals surface area contributed by atoms with Gasteiger partial charge in [-0.05, 0) is 41.3 Å². The quantitative estimate of drug-likeness (QED) is 0.639. The normalized spacial score (nSPS) is 11.6. The molecule has 1 heterocycles. The molecule has 3 heteroatoms. The Kier molecular flexibility index (Phi) is 4.40. The van der Waals surface area contributed by atoms with Gasteiger partial charge >= 0.3 is 0 Å². The monoisotopic (exact) mass is 308 g/mol. The third-order valence-corrected chi connectivity index (χ3v) is 3.94. The van der Waals surface area contributed by atoms with Gasteiger partial charge in [-0.15, -0.1) is 0 Å². The molecule has 1 aromatic heterocycles. The first kappa shape index (κ1) is 14.6. The molecule has 0 atom stereocenters. The Morgan fingerprint density at radius 3 is 2.27 bits per heavy atom. The second-order valence-corrected chi connectivity index (χ2v) is 5.67. The Labute approximate surface area is 135 Å². The maximum atomic E-state index is 5.93. The smallest absolute Gasteiger partial charge is 0.0948 e. The number of allylic oxidation sites excluding steroid dienone is 2. The van der Waals surface area contributed by atoms with Crippen LogP contribution in [0.4, 0.5) is 0 Å². The molecule has 3 rings (SSSR count). The SMILES string of the molecule is CC(=CCn1ccnc1)c1ccc(-c2ccc(Cl)cc2)cc1. The maximum absolute atomic E-state index is 5.93. The van der Waals surface area contributed by atoms with Crippen LogP contribution >= 0.6 is 11.6 Å². The van der Waals surface area contributed by atoms with E-state index in [1.54, 1.807) is 6.20 Å². The first-order chi connectivity index (χ1) is 10.7. The molecule has 22 heavy (non-hydrogen) atoms. The van der Waals surface area contributed by atoms with Crippen molar-refractivity contribution in [3.63, 3.8) is 0 Å². The summed E-state index contributed by atoms with van der Waals surface area (Å²) >= 11 is 5.93. The molecule has 0 fully saturated rings. The first-order valence-electron chi connectivity index (χ1n) is 7.21. The topological polar surface area (TPSA) is 17.8 Å². The van der Waals surface area contributed by atoms with Gasteiger partial charge in [-0.3, -0.25) is 0 Å². The number of aromatic nitrogens is 2. The molecule has 0 N–H and O–H groups in total. The Morgan fingerprint density at radius 1 is 1.05 bits per heavy atom. The summed E-state index contributed by atoms with van der Waals surface area (Å²) in [5.74, 6) is 0. The van der Waals surface area contributed by atoms with Gasteiger partial charge in [0.15, 0.2) is 0 Å². The summed E-state index contributed by atoms with van der Waals surface area (Å²) in [6.45, 7) is 2.97. The van der Waals surface area contributed by atoms with Crippen molar-refractivity contribution < 1.29 is 0 Å². The standard InChI is InChI=1S/C19H17ClN2/c1-15(10-12-22-13-11-21-14-22)16-2-4-17(5-3-16)18-6-8-19(20)9-7-18/h2-11,13-14H,12H2,1H3. The van der Waals surface area contributed by atoms with Crippen LogP contribution in [0.15, 0.2) is 73.3 Å². The zero-order valence-electron chi connectivity index (χ0n) is 12.4. The summed E-state index contributed by atoms with van der Waals surface area (Å²) in [5, 5.41) is 0.763. The number of benzene rings is 2. The van der Waals surface area contributed by atoms with Crippen LogP contribution in [-0.2, 0) is 6.54 Å². The van der Waals surface area contributed by atoms with Crippen LogP contribution in [0.25, 0.3) is 16.7 Å². The van der Waals surface area contributed by atoms with Gasteiger partial charge in [0.05, 0.1) is 6.33 Å². The summed E-state index contributed by atoms with van der Waals surface area (Å²) < 4.78 is 2.05. The van der Waals surface area contributed by atoms with Gasteiger partial charge in [0.1, 0.15) is 0 Å². The zero-order chi connectivity index (χ0) is 15.4. The highest BCUT2D eigenvalue weighted by Crippen LogP contribution is 2.23. The summed E-state index contributed by atoms with van der Waals surface area (Å²) in [7, 11) is 0. The number of halogens is 1. The molecule has 0 bridgehead atoms. The van der Waals surface area contributed by atoms with E-state index >= 15 is 0 Å². The lowest BCUT2D eigenvalue weighted by Gasteiger charge is -2.06. The van der Waals surface area contributed by atoms with Crippen LogP contribution in [0.1, 0.15) is 12.5 Å². The summed E-state index contributed by atoms with van der Waals surface area (Å²) in [5.41, 5.74) is 4.87. The van der Waals surface area contributed by atoms with E-state index in [4.69, 9.17) is 11.6 Å². The van der Waals surface area contributed by atoms with Gasteiger partial charge in [-0.25, -0.2) is 4.98 Å². The second kappa shape index (κ2) is 6.63. The van der Waals surface area contributed by atoms with Gasteiger partial charge in [-0.2, -0.15) is 0 Å². The molecular formula is C19H17ClN2. The predicted octanol–water partition coefficient (Wildman–Crippen LogP) is 5.31. The lowest BCUT2D eigenvalue weighted by atomic mass is 10.0. The fraction of sp³-hybridized carbons (Fsp3) is 0.105. The predicted molar refractivity (Wildman–Crippen MR) is 92.8 cm³/mol. The molecule has 0 spiro atoms. The van der Waals surface area contributed by atoms with Crippen LogP contribution in [-0.4, -0.2) is 9.55 Å². The first-order valence-corrected chi connectivity index (χ1v) is 7.59. The third kappa shape index (κ3) is 3.46. The maximum Gasteiger partial charge on any atom is 0.0948 e. The highest BCUT2D eigenvalue weighted by atomic mass is 35.5. The molecule has 0 unspecified atom stereocenters. The lowest BCUT2D eigenvalue weighted by molar-refractivity contribution is 0.821. The van der Waals surface area contributed by atoms with Gasteiger partial charge in [0.25, 0.3) is 0 Å². The molecule has 0 saturated heterocycles. The second-order valence-electron chi connectivity index (χ2n) is 5.23. The molecule has 0 radical (unpaired) electrons. The van der Waals surface area contributed by atoms with Crippen molar-refractivity contribution in [1.29, 1.82) is 0 Å². The molecule has 2 aromatic carbocycles. The minimum Gasteiger partial charge on any atom is -0.334 e. The Morgan fingerprint density at radius 2 is 1.68 bits per heavy atom. The molecule has 0 aliphatic rings. The molecule has 0 saturated carbocycles. The van der Waals surface area contributed by atoms with Gasteiger partial charge in [0.2, 0.25) is 0 Å². The largest absolute Gasteiger partial charge is 0.334 e. The Balaban J connectivity index is 1.76. The van der Waals surface area contributed by atoms with Crippen molar-refractivity contribution in [3.05, 3.63) is 83.9 Å². The molecule has 0 aliphatic heterocycles. The van der Waals surface area contributed by atoms with Crippen LogP contribution in [0.5, 0.6) is 0 Å². The van der Waals surface area contributed by atoms with E-state index in [2.05, 4.69) is 42.2 Å². The zero-order valence-corrected chi connectivity index (χ0v) is 13.2. The van der Waals surface area contributed by atoms with E-state index in [0.29, 0.717) is 0 Å². The molecular weight excluding hydrogens is 292 g/mol. The van der Waals surface area contributed by atoms with E-state index in [1.807, 2.05) is 41.4 Å². The van der Waals surface area contributed by atoms with Crippen molar-refractivity contribution in [2.24, 2.45) is 0 Å². The van der Waals surface area contributed by atoms with E-state index in [9.17, 15) is 0 Å². The molecule has 0 aliphatic carbocycles. The Bertz CT molecular complexity index is 754. The molecule has 3 aromatic rings. The van der Waals surface area contributed by atoms with Crippen molar-refractivity contribution in [2.75, 3.05) is 0 Å². The number of rotatable bonds is 4. The molecule has 0 amide bonds. The fourth-order valence-electron chi connectivity index (χ4n) is 2.32. The third-order valence-electron chi connectivity index (χ3n) is 3.69. The van der Waals surface area contributed by atoms with Crippen molar-refractivity contribution in [3.8, 4) is 11.1 Å². The minimum atomic E-state index is 0.763. The van der Waals surface area contributed by atoms with Crippen LogP contribution in [0, 0.1) is 0 Å². The van der Waals surface area contributed by atoms with E-state index in [-0.39, 0.29) is 0 Å². The van der Waals surface area contributed by atoms with Crippen LogP contribution in [0.2, 0.25) is 5.02 Å². The van der Waals surface area contributed by atoms with Crippen molar-refractivity contribution >= 4 is 17.2 Å². The number of nitrogens with zero attached hydrogens (tertiary/aromatic N) is 2. The summed E-state index contributed by atoms with van der Waals surface area (Å²) in [6.07, 6.45) is 7.80. The van der Waals surface area contributed by atoms with Crippen LogP contribution in [0.3, 0.4) is 0 Å². The summed E-state index contributed by atoms with van der Waals surface area (Å²) in [4.78, 5) is 4.05. The average molecular weight is 309 g/mol. The number of hydrogen-bond donors (Lipinski definition) is 0. The molecule has 2 nitrogen and oxygen atoms in total. The fourth-order valence-corrected chi connectivity index (χ4v) is 2.45. The Hall–Kier alpha value is -2.32. The van der Waals surface area contributed by atoms with E-state index < -0.39 is 0 Å².